The molecule has 0 bridgehead atoms. The highest BCUT2D eigenvalue weighted by atomic mass is 16.5. The fraction of sp³-hybridized carbons (Fsp3) is 0.421. The highest BCUT2D eigenvalue weighted by Crippen LogP contribution is 2.24. The highest BCUT2D eigenvalue weighted by molar-refractivity contribution is 5.93. The van der Waals surface area contributed by atoms with E-state index in [4.69, 9.17) is 4.74 Å². The maximum atomic E-state index is 12.6. The molecule has 126 valence electrons. The minimum atomic E-state index is 0.00324. The maximum Gasteiger partial charge on any atom is 0.274 e. The van der Waals surface area contributed by atoms with Crippen LogP contribution in [0.4, 0.5) is 0 Å². The van der Waals surface area contributed by atoms with E-state index in [0.717, 1.165) is 38.1 Å². The van der Waals surface area contributed by atoms with Crippen molar-refractivity contribution in [3.05, 3.63) is 53.6 Å². The van der Waals surface area contributed by atoms with Crippen molar-refractivity contribution in [3.63, 3.8) is 0 Å². The van der Waals surface area contributed by atoms with Crippen molar-refractivity contribution in [1.82, 2.24) is 14.9 Å². The SMILES string of the molecule is COc1ccc(CC2CCN(C(=O)c3nccnc3C)CC2)cc1. The molecule has 1 aromatic heterocycles. The molecule has 0 unspecified atom stereocenters. The normalized spacial score (nSPS) is 15.3. The van der Waals surface area contributed by atoms with Crippen LogP contribution in [0.2, 0.25) is 0 Å². The maximum absolute atomic E-state index is 12.6. The van der Waals surface area contributed by atoms with Crippen molar-refractivity contribution in [2.75, 3.05) is 20.2 Å². The Labute approximate surface area is 142 Å². The number of carbonyl (C=O) groups is 1. The number of carbonyl (C=O) groups excluding carboxylic acids is 1. The first-order valence-corrected chi connectivity index (χ1v) is 8.37. The number of ether oxygens (including phenoxy) is 1. The van der Waals surface area contributed by atoms with Crippen LogP contribution in [-0.4, -0.2) is 41.0 Å². The molecule has 1 amide bonds. The molecular weight excluding hydrogens is 302 g/mol. The van der Waals surface area contributed by atoms with Gasteiger partial charge in [0, 0.05) is 25.5 Å². The summed E-state index contributed by atoms with van der Waals surface area (Å²) in [5.74, 6) is 1.51. The second kappa shape index (κ2) is 7.43. The van der Waals surface area contributed by atoms with E-state index in [-0.39, 0.29) is 5.91 Å². The van der Waals surface area contributed by atoms with E-state index < -0.39 is 0 Å². The molecule has 0 atom stereocenters. The quantitative estimate of drug-likeness (QED) is 0.867. The van der Waals surface area contributed by atoms with Crippen LogP contribution in [0, 0.1) is 12.8 Å². The first-order chi connectivity index (χ1) is 11.7. The molecule has 0 saturated carbocycles. The molecule has 0 aliphatic carbocycles. The van der Waals surface area contributed by atoms with Crippen molar-refractivity contribution in [2.45, 2.75) is 26.2 Å². The van der Waals surface area contributed by atoms with Gasteiger partial charge < -0.3 is 9.64 Å². The summed E-state index contributed by atoms with van der Waals surface area (Å²) in [4.78, 5) is 22.8. The molecule has 1 saturated heterocycles. The van der Waals surface area contributed by atoms with Gasteiger partial charge in [0.25, 0.3) is 5.91 Å². The van der Waals surface area contributed by atoms with E-state index in [1.54, 1.807) is 19.5 Å². The molecule has 5 nitrogen and oxygen atoms in total. The van der Waals surface area contributed by atoms with Crippen LogP contribution in [0.3, 0.4) is 0 Å². The lowest BCUT2D eigenvalue weighted by atomic mass is 9.90. The molecule has 24 heavy (non-hydrogen) atoms. The van der Waals surface area contributed by atoms with Gasteiger partial charge in [0.2, 0.25) is 0 Å². The Bertz CT molecular complexity index is 692. The van der Waals surface area contributed by atoms with Gasteiger partial charge in [0.05, 0.1) is 12.8 Å². The smallest absolute Gasteiger partial charge is 0.274 e. The van der Waals surface area contributed by atoms with Crippen LogP contribution < -0.4 is 4.74 Å². The zero-order chi connectivity index (χ0) is 16.9. The first-order valence-electron chi connectivity index (χ1n) is 8.37. The van der Waals surface area contributed by atoms with Crippen molar-refractivity contribution >= 4 is 5.91 Å². The number of aryl methyl sites for hydroxylation is 1. The van der Waals surface area contributed by atoms with E-state index in [2.05, 4.69) is 22.1 Å². The van der Waals surface area contributed by atoms with E-state index >= 15 is 0 Å². The summed E-state index contributed by atoms with van der Waals surface area (Å²) >= 11 is 0. The number of hydrogen-bond donors (Lipinski definition) is 0. The predicted octanol–water partition coefficient (Wildman–Crippen LogP) is 2.89. The lowest BCUT2D eigenvalue weighted by molar-refractivity contribution is 0.0683. The number of benzene rings is 1. The average molecular weight is 325 g/mol. The Balaban J connectivity index is 1.55. The minimum absolute atomic E-state index is 0.00324. The Morgan fingerprint density at radius 2 is 1.83 bits per heavy atom. The van der Waals surface area contributed by atoms with Gasteiger partial charge in [-0.05, 0) is 49.8 Å². The average Bonchev–Trinajstić information content (AvgIpc) is 2.63. The van der Waals surface area contributed by atoms with Crippen molar-refractivity contribution in [1.29, 1.82) is 0 Å². The lowest BCUT2D eigenvalue weighted by Gasteiger charge is -2.32. The summed E-state index contributed by atoms with van der Waals surface area (Å²) in [5, 5.41) is 0. The van der Waals surface area contributed by atoms with E-state index in [9.17, 15) is 4.79 Å². The number of nitrogens with zero attached hydrogens (tertiary/aromatic N) is 3. The van der Waals surface area contributed by atoms with Crippen LogP contribution in [-0.2, 0) is 6.42 Å². The van der Waals surface area contributed by atoms with Crippen LogP contribution in [0.25, 0.3) is 0 Å². The van der Waals surface area contributed by atoms with Gasteiger partial charge in [-0.1, -0.05) is 12.1 Å². The number of amides is 1. The monoisotopic (exact) mass is 325 g/mol. The van der Waals surface area contributed by atoms with Crippen molar-refractivity contribution in [3.8, 4) is 5.75 Å². The number of methoxy groups -OCH3 is 1. The standard InChI is InChI=1S/C19H23N3O2/c1-14-18(21-10-9-20-14)19(23)22-11-7-16(8-12-22)13-15-3-5-17(24-2)6-4-15/h3-6,9-10,16H,7-8,11-13H2,1-2H3. The number of rotatable bonds is 4. The molecule has 1 aliphatic heterocycles. The Hall–Kier alpha value is -2.43. The van der Waals surface area contributed by atoms with Crippen molar-refractivity contribution in [2.24, 2.45) is 5.92 Å². The molecule has 1 aromatic carbocycles. The Morgan fingerprint density at radius 3 is 2.46 bits per heavy atom. The molecule has 0 N–H and O–H groups in total. The van der Waals surface area contributed by atoms with Crippen molar-refractivity contribution < 1.29 is 9.53 Å². The van der Waals surface area contributed by atoms with E-state index in [0.29, 0.717) is 17.3 Å². The molecule has 5 heteroatoms. The second-order valence-corrected chi connectivity index (χ2v) is 6.28. The fourth-order valence-electron chi connectivity index (χ4n) is 3.20. The zero-order valence-corrected chi connectivity index (χ0v) is 14.2. The molecular formula is C19H23N3O2. The van der Waals surface area contributed by atoms with E-state index in [1.807, 2.05) is 24.0 Å². The van der Waals surface area contributed by atoms with Gasteiger partial charge in [0.1, 0.15) is 11.4 Å². The molecule has 2 aromatic rings. The summed E-state index contributed by atoms with van der Waals surface area (Å²) in [5.41, 5.74) is 2.50. The van der Waals surface area contributed by atoms with Gasteiger partial charge in [-0.15, -0.1) is 0 Å². The second-order valence-electron chi connectivity index (χ2n) is 6.28. The molecule has 0 spiro atoms. The van der Waals surface area contributed by atoms with E-state index in [1.165, 1.54) is 5.56 Å². The van der Waals surface area contributed by atoms with Gasteiger partial charge >= 0.3 is 0 Å². The Kier molecular flexibility index (Phi) is 5.08. The summed E-state index contributed by atoms with van der Waals surface area (Å²) < 4.78 is 5.20. The number of aromatic nitrogens is 2. The highest BCUT2D eigenvalue weighted by Gasteiger charge is 2.25. The summed E-state index contributed by atoms with van der Waals surface area (Å²) in [6, 6.07) is 8.26. The van der Waals surface area contributed by atoms with Crippen LogP contribution in [0.1, 0.15) is 34.6 Å². The van der Waals surface area contributed by atoms with Gasteiger partial charge in [-0.25, -0.2) is 4.98 Å². The third-order valence-electron chi connectivity index (χ3n) is 4.67. The summed E-state index contributed by atoms with van der Waals surface area (Å²) in [6.07, 6.45) is 6.30. The lowest BCUT2D eigenvalue weighted by Crippen LogP contribution is -2.39. The van der Waals surface area contributed by atoms with Crippen LogP contribution in [0.15, 0.2) is 36.7 Å². The Morgan fingerprint density at radius 1 is 1.17 bits per heavy atom. The minimum Gasteiger partial charge on any atom is -0.497 e. The number of piperidine rings is 1. The predicted molar refractivity (Wildman–Crippen MR) is 92.1 cm³/mol. The fourth-order valence-corrected chi connectivity index (χ4v) is 3.20. The van der Waals surface area contributed by atoms with Crippen LogP contribution >= 0.6 is 0 Å². The van der Waals surface area contributed by atoms with Crippen LogP contribution in [0.5, 0.6) is 5.75 Å². The third kappa shape index (κ3) is 3.72. The molecule has 1 aliphatic rings. The van der Waals surface area contributed by atoms with Gasteiger partial charge in [-0.2, -0.15) is 0 Å². The summed E-state index contributed by atoms with van der Waals surface area (Å²) in [6.45, 7) is 3.40. The molecule has 0 radical (unpaired) electrons. The first kappa shape index (κ1) is 16.4. The molecule has 2 heterocycles. The molecule has 1 fully saturated rings. The number of hydrogen-bond acceptors (Lipinski definition) is 4. The summed E-state index contributed by atoms with van der Waals surface area (Å²) in [7, 11) is 1.68. The topological polar surface area (TPSA) is 55.3 Å². The molecule has 3 rings (SSSR count). The largest absolute Gasteiger partial charge is 0.497 e. The third-order valence-corrected chi connectivity index (χ3v) is 4.67. The zero-order valence-electron chi connectivity index (χ0n) is 14.2. The van der Waals surface area contributed by atoms with Gasteiger partial charge in [-0.3, -0.25) is 9.78 Å². The number of likely N-dealkylation sites (tertiary alicyclic amines) is 1. The van der Waals surface area contributed by atoms with Gasteiger partial charge in [0.15, 0.2) is 0 Å².